The van der Waals surface area contributed by atoms with Crippen molar-refractivity contribution >= 4 is 44.5 Å². The smallest absolute Gasteiger partial charge is 0.288 e. The first kappa shape index (κ1) is 22.9. The number of aromatic nitrogens is 1. The lowest BCUT2D eigenvalue weighted by atomic mass is 9.91. The van der Waals surface area contributed by atoms with E-state index >= 15 is 0 Å². The minimum atomic E-state index is -2.54. The van der Waals surface area contributed by atoms with Gasteiger partial charge in [-0.15, -0.1) is 0 Å². The number of ether oxygens (including phenoxy) is 1. The lowest BCUT2D eigenvalue weighted by molar-refractivity contribution is 0.0691. The molecule has 1 N–H and O–H groups in total. The van der Waals surface area contributed by atoms with Crippen LogP contribution in [0.3, 0.4) is 0 Å². The second-order valence-electron chi connectivity index (χ2n) is 8.01. The number of hydrogen-bond acceptors (Lipinski definition) is 3. The number of halogens is 3. The molecule has 0 saturated carbocycles. The third kappa shape index (κ3) is 4.20. The normalized spacial score (nSPS) is 15.6. The molecule has 0 saturated heterocycles. The van der Waals surface area contributed by atoms with E-state index in [-0.39, 0.29) is 11.9 Å². The molecule has 1 amide bonds. The molecule has 5 rings (SSSR count). The zero-order valence-electron chi connectivity index (χ0n) is 18.2. The number of carbonyl (C=O) groups is 1. The molecule has 0 radical (unpaired) electrons. The molecule has 1 unspecified atom stereocenters. The molecule has 0 aliphatic carbocycles. The molecule has 0 bridgehead atoms. The summed E-state index contributed by atoms with van der Waals surface area (Å²) in [5.41, 5.74) is 4.46. The molecule has 174 valence electrons. The topological polar surface area (TPSA) is 45.3 Å². The summed E-state index contributed by atoms with van der Waals surface area (Å²) in [6.45, 7) is 0.503. The summed E-state index contributed by atoms with van der Waals surface area (Å²) in [4.78, 5) is 19.5. The van der Waals surface area contributed by atoms with Crippen LogP contribution in [0.25, 0.3) is 10.9 Å². The van der Waals surface area contributed by atoms with E-state index in [2.05, 4.69) is 27.0 Å². The Morgan fingerprint density at radius 3 is 2.76 bits per heavy atom. The van der Waals surface area contributed by atoms with Crippen LogP contribution in [0.4, 0.5) is 8.78 Å². The fraction of sp³-hybridized carbons (Fsp3) is 0.192. The number of benzene rings is 3. The molecule has 4 aromatic rings. The van der Waals surface area contributed by atoms with E-state index in [1.807, 2.05) is 41.3 Å². The Kier molecular flexibility index (Phi) is 6.36. The molecule has 2 heterocycles. The first-order chi connectivity index (χ1) is 16.5. The third-order valence-electron chi connectivity index (χ3n) is 6.09. The summed E-state index contributed by atoms with van der Waals surface area (Å²) < 4.78 is 32.2. The van der Waals surface area contributed by atoms with Crippen LogP contribution >= 0.6 is 27.7 Å². The van der Waals surface area contributed by atoms with Crippen molar-refractivity contribution in [2.24, 2.45) is 0 Å². The number of methoxy groups -OCH3 is 1. The van der Waals surface area contributed by atoms with E-state index < -0.39 is 5.76 Å². The number of para-hydroxylation sites is 1. The third-order valence-corrected chi connectivity index (χ3v) is 7.45. The van der Waals surface area contributed by atoms with Crippen LogP contribution in [0.1, 0.15) is 33.2 Å². The quantitative estimate of drug-likeness (QED) is 0.275. The average Bonchev–Trinajstić information content (AvgIpc) is 3.22. The van der Waals surface area contributed by atoms with Crippen molar-refractivity contribution in [2.75, 3.05) is 13.7 Å². The number of alkyl halides is 2. The Labute approximate surface area is 208 Å². The monoisotopic (exact) mass is 542 g/mol. The van der Waals surface area contributed by atoms with E-state index in [4.69, 9.17) is 4.74 Å². The molecule has 3 aromatic carbocycles. The van der Waals surface area contributed by atoms with Crippen molar-refractivity contribution < 1.29 is 18.3 Å². The summed E-state index contributed by atoms with van der Waals surface area (Å²) >= 11 is 3.95. The zero-order chi connectivity index (χ0) is 23.8. The van der Waals surface area contributed by atoms with Crippen molar-refractivity contribution in [1.82, 2.24) is 9.88 Å². The van der Waals surface area contributed by atoms with Gasteiger partial charge in [0.05, 0.1) is 17.6 Å². The van der Waals surface area contributed by atoms with Crippen LogP contribution in [0.15, 0.2) is 76.1 Å². The van der Waals surface area contributed by atoms with Gasteiger partial charge in [0.15, 0.2) is 0 Å². The van der Waals surface area contributed by atoms with Gasteiger partial charge in [-0.1, -0.05) is 42.1 Å². The lowest BCUT2D eigenvalue weighted by Gasteiger charge is -2.36. The Morgan fingerprint density at radius 1 is 1.15 bits per heavy atom. The summed E-state index contributed by atoms with van der Waals surface area (Å²) in [6.07, 6.45) is 0.695. The molecule has 1 aromatic heterocycles. The Morgan fingerprint density at radius 2 is 1.97 bits per heavy atom. The number of aromatic amines is 1. The van der Waals surface area contributed by atoms with E-state index in [1.165, 1.54) is 5.56 Å². The average molecular weight is 543 g/mol. The minimum absolute atomic E-state index is 0.201. The van der Waals surface area contributed by atoms with E-state index in [0.717, 1.165) is 26.6 Å². The van der Waals surface area contributed by atoms with Crippen molar-refractivity contribution in [3.05, 3.63) is 93.6 Å². The molecule has 1 aliphatic rings. The first-order valence-electron chi connectivity index (χ1n) is 10.7. The van der Waals surface area contributed by atoms with Gasteiger partial charge in [0.25, 0.3) is 11.7 Å². The highest BCUT2D eigenvalue weighted by Gasteiger charge is 2.35. The van der Waals surface area contributed by atoms with Gasteiger partial charge < -0.3 is 14.6 Å². The number of thioether (sulfide) groups is 1. The van der Waals surface area contributed by atoms with Gasteiger partial charge in [-0.05, 0) is 69.9 Å². The van der Waals surface area contributed by atoms with Crippen LogP contribution in [0.5, 0.6) is 5.75 Å². The largest absolute Gasteiger partial charge is 0.496 e. The maximum Gasteiger partial charge on any atom is 0.288 e. The Balaban J connectivity index is 1.62. The molecule has 0 spiro atoms. The standard InChI is InChI=1S/C26H21BrF2N2O2S/c1-33-22-14-15(9-10-20(22)27)24-23-19(18-7-2-3-8-21(18)30-23)11-12-31(24)25(32)16-5-4-6-17(13-16)34-26(28)29/h2-10,13-14,24,26,30H,11-12H2,1H3. The fourth-order valence-corrected chi connectivity index (χ4v) is 5.59. The molecule has 8 heteroatoms. The van der Waals surface area contributed by atoms with Gasteiger partial charge in [0.1, 0.15) is 5.75 Å². The number of H-pyrrole nitrogens is 1. The highest BCUT2D eigenvalue weighted by atomic mass is 79.9. The molecule has 4 nitrogen and oxygen atoms in total. The highest BCUT2D eigenvalue weighted by molar-refractivity contribution is 9.10. The van der Waals surface area contributed by atoms with Gasteiger partial charge in [0, 0.05) is 33.6 Å². The van der Waals surface area contributed by atoms with E-state index in [0.29, 0.717) is 40.9 Å². The summed E-state index contributed by atoms with van der Waals surface area (Å²) in [5.74, 6) is -2.08. The van der Waals surface area contributed by atoms with E-state index in [9.17, 15) is 13.6 Å². The summed E-state index contributed by atoms with van der Waals surface area (Å²) in [7, 11) is 1.61. The molecular weight excluding hydrogens is 522 g/mol. The van der Waals surface area contributed by atoms with Crippen molar-refractivity contribution in [3.8, 4) is 5.75 Å². The summed E-state index contributed by atoms with van der Waals surface area (Å²) in [6, 6.07) is 20.0. The van der Waals surface area contributed by atoms with Crippen molar-refractivity contribution in [1.29, 1.82) is 0 Å². The number of carbonyl (C=O) groups excluding carboxylic acids is 1. The first-order valence-corrected chi connectivity index (χ1v) is 12.4. The molecule has 1 aliphatic heterocycles. The second kappa shape index (κ2) is 9.43. The van der Waals surface area contributed by atoms with Crippen LogP contribution < -0.4 is 4.74 Å². The van der Waals surface area contributed by atoms with Gasteiger partial charge in [0.2, 0.25) is 0 Å². The van der Waals surface area contributed by atoms with Crippen molar-refractivity contribution in [3.63, 3.8) is 0 Å². The number of nitrogens with one attached hydrogen (secondary N) is 1. The highest BCUT2D eigenvalue weighted by Crippen LogP contribution is 2.41. The number of rotatable bonds is 5. The van der Waals surface area contributed by atoms with Gasteiger partial charge in [-0.3, -0.25) is 4.79 Å². The van der Waals surface area contributed by atoms with Crippen molar-refractivity contribution in [2.45, 2.75) is 23.1 Å². The van der Waals surface area contributed by atoms with Crippen LogP contribution in [-0.4, -0.2) is 35.2 Å². The Hall–Kier alpha value is -2.84. The number of amides is 1. The van der Waals surface area contributed by atoms with Crippen LogP contribution in [0, 0.1) is 0 Å². The zero-order valence-corrected chi connectivity index (χ0v) is 20.6. The number of fused-ring (bicyclic) bond motifs is 3. The Bertz CT molecular complexity index is 1370. The maximum atomic E-state index is 13.7. The van der Waals surface area contributed by atoms with Crippen LogP contribution in [0.2, 0.25) is 0 Å². The molecule has 1 atom stereocenters. The minimum Gasteiger partial charge on any atom is -0.496 e. The number of nitrogens with zero attached hydrogens (tertiary/aromatic N) is 1. The van der Waals surface area contributed by atoms with E-state index in [1.54, 1.807) is 31.4 Å². The van der Waals surface area contributed by atoms with Gasteiger partial charge in [-0.25, -0.2) is 0 Å². The summed E-state index contributed by atoms with van der Waals surface area (Å²) in [5, 5.41) is 1.15. The fourth-order valence-electron chi connectivity index (χ4n) is 4.62. The second-order valence-corrected chi connectivity index (χ2v) is 9.93. The lowest BCUT2D eigenvalue weighted by Crippen LogP contribution is -2.40. The molecular formula is C26H21BrF2N2O2S. The SMILES string of the molecule is COc1cc(C2c3[nH]c4ccccc4c3CCN2C(=O)c2cccc(SC(F)F)c2)ccc1Br. The van der Waals surface area contributed by atoms with Gasteiger partial charge >= 0.3 is 0 Å². The molecule has 0 fully saturated rings. The maximum absolute atomic E-state index is 13.7. The predicted octanol–water partition coefficient (Wildman–Crippen LogP) is 7.04. The van der Waals surface area contributed by atoms with Crippen LogP contribution in [-0.2, 0) is 6.42 Å². The van der Waals surface area contributed by atoms with Gasteiger partial charge in [-0.2, -0.15) is 8.78 Å². The molecule has 34 heavy (non-hydrogen) atoms. The predicted molar refractivity (Wildman–Crippen MR) is 134 cm³/mol. The number of hydrogen-bond donors (Lipinski definition) is 1.